The first kappa shape index (κ1) is 13.4. The normalized spacial score (nSPS) is 10.4. The Kier molecular flexibility index (Phi) is 4.78. The molecular formula is C14H21N5. The predicted octanol–water partition coefficient (Wildman–Crippen LogP) is 2.29. The molecule has 0 saturated heterocycles. The minimum atomic E-state index is 0.892. The maximum absolute atomic E-state index is 4.28. The van der Waals surface area contributed by atoms with Crippen LogP contribution in [-0.2, 0) is 13.5 Å². The molecule has 0 unspecified atom stereocenters. The van der Waals surface area contributed by atoms with Crippen molar-refractivity contribution in [2.75, 3.05) is 23.7 Å². The molecule has 2 aromatic heterocycles. The van der Waals surface area contributed by atoms with E-state index in [1.807, 2.05) is 42.5 Å². The van der Waals surface area contributed by atoms with Crippen LogP contribution in [0.2, 0.25) is 0 Å². The summed E-state index contributed by atoms with van der Waals surface area (Å²) >= 11 is 0. The molecule has 0 radical (unpaired) electrons. The second kappa shape index (κ2) is 6.78. The molecule has 0 aromatic carbocycles. The number of anilines is 2. The van der Waals surface area contributed by atoms with Crippen molar-refractivity contribution in [3.63, 3.8) is 0 Å². The van der Waals surface area contributed by atoms with Gasteiger partial charge in [0.1, 0.15) is 5.82 Å². The second-order valence-corrected chi connectivity index (χ2v) is 4.56. The van der Waals surface area contributed by atoms with Gasteiger partial charge in [0.2, 0.25) is 0 Å². The van der Waals surface area contributed by atoms with E-state index in [9.17, 15) is 0 Å². The van der Waals surface area contributed by atoms with Gasteiger partial charge in [-0.1, -0.05) is 6.92 Å². The third-order valence-corrected chi connectivity index (χ3v) is 2.82. The number of nitrogens with zero attached hydrogens (tertiary/aromatic N) is 3. The summed E-state index contributed by atoms with van der Waals surface area (Å²) in [5, 5.41) is 10.8. The summed E-state index contributed by atoms with van der Waals surface area (Å²) in [6, 6.07) is 4.03. The Morgan fingerprint density at radius 2 is 2.16 bits per heavy atom. The van der Waals surface area contributed by atoms with E-state index in [1.165, 1.54) is 5.56 Å². The molecule has 5 heteroatoms. The summed E-state index contributed by atoms with van der Waals surface area (Å²) in [5.74, 6) is 0.924. The van der Waals surface area contributed by atoms with E-state index in [4.69, 9.17) is 0 Å². The summed E-state index contributed by atoms with van der Waals surface area (Å²) in [6.45, 7) is 3.98. The van der Waals surface area contributed by atoms with E-state index in [2.05, 4.69) is 27.6 Å². The minimum Gasteiger partial charge on any atom is -0.385 e. The number of aromatic nitrogens is 3. The molecule has 0 spiro atoms. The van der Waals surface area contributed by atoms with Crippen LogP contribution in [0.1, 0.15) is 18.9 Å². The highest BCUT2D eigenvalue weighted by molar-refractivity contribution is 5.51. The number of pyridine rings is 1. The molecule has 102 valence electrons. The van der Waals surface area contributed by atoms with E-state index >= 15 is 0 Å². The molecule has 0 amide bonds. The summed E-state index contributed by atoms with van der Waals surface area (Å²) < 4.78 is 1.83. The molecule has 0 atom stereocenters. The maximum atomic E-state index is 4.28. The van der Waals surface area contributed by atoms with Crippen molar-refractivity contribution in [1.29, 1.82) is 0 Å². The van der Waals surface area contributed by atoms with Gasteiger partial charge in [0.25, 0.3) is 0 Å². The zero-order valence-corrected chi connectivity index (χ0v) is 11.6. The van der Waals surface area contributed by atoms with E-state index < -0.39 is 0 Å². The second-order valence-electron chi connectivity index (χ2n) is 4.56. The van der Waals surface area contributed by atoms with Gasteiger partial charge in [0.15, 0.2) is 0 Å². The van der Waals surface area contributed by atoms with Gasteiger partial charge in [0, 0.05) is 44.3 Å². The zero-order chi connectivity index (χ0) is 13.5. The topological polar surface area (TPSA) is 54.8 Å². The molecule has 19 heavy (non-hydrogen) atoms. The highest BCUT2D eigenvalue weighted by Gasteiger charge is 1.98. The highest BCUT2D eigenvalue weighted by Crippen LogP contribution is 2.12. The summed E-state index contributed by atoms with van der Waals surface area (Å²) in [7, 11) is 1.94. The van der Waals surface area contributed by atoms with E-state index in [1.54, 1.807) is 0 Å². The fraction of sp³-hybridized carbons (Fsp3) is 0.429. The monoisotopic (exact) mass is 259 g/mol. The van der Waals surface area contributed by atoms with Crippen LogP contribution in [0.15, 0.2) is 30.7 Å². The van der Waals surface area contributed by atoms with Gasteiger partial charge < -0.3 is 10.6 Å². The van der Waals surface area contributed by atoms with Crippen LogP contribution in [0.25, 0.3) is 0 Å². The number of hydrogen-bond donors (Lipinski definition) is 2. The molecule has 2 heterocycles. The van der Waals surface area contributed by atoms with Gasteiger partial charge in [-0.05, 0) is 24.5 Å². The average molecular weight is 259 g/mol. The van der Waals surface area contributed by atoms with E-state index in [0.29, 0.717) is 0 Å². The standard InChI is InChI=1S/C14H21N5/c1-3-6-16-14-9-13(5-8-17-14)15-7-4-12-10-18-19(2)11-12/h5,8-11H,3-4,6-7H2,1-2H3,(H2,15,16,17). The predicted molar refractivity (Wildman–Crippen MR) is 78.4 cm³/mol. The SMILES string of the molecule is CCCNc1cc(NCCc2cnn(C)c2)ccn1. The van der Waals surface area contributed by atoms with Crippen molar-refractivity contribution < 1.29 is 0 Å². The lowest BCUT2D eigenvalue weighted by molar-refractivity contribution is 0.767. The van der Waals surface area contributed by atoms with Gasteiger partial charge in [0.05, 0.1) is 6.20 Å². The van der Waals surface area contributed by atoms with Crippen molar-refractivity contribution in [2.24, 2.45) is 7.05 Å². The van der Waals surface area contributed by atoms with Gasteiger partial charge in [-0.3, -0.25) is 4.68 Å². The van der Waals surface area contributed by atoms with Crippen molar-refractivity contribution in [1.82, 2.24) is 14.8 Å². The third kappa shape index (κ3) is 4.28. The van der Waals surface area contributed by atoms with Crippen LogP contribution in [0, 0.1) is 0 Å². The summed E-state index contributed by atoms with van der Waals surface area (Å²) in [6.07, 6.45) is 7.84. The summed E-state index contributed by atoms with van der Waals surface area (Å²) in [5.41, 5.74) is 2.34. The zero-order valence-electron chi connectivity index (χ0n) is 11.6. The van der Waals surface area contributed by atoms with Crippen LogP contribution >= 0.6 is 0 Å². The van der Waals surface area contributed by atoms with Crippen LogP contribution in [0.4, 0.5) is 11.5 Å². The van der Waals surface area contributed by atoms with Crippen molar-refractivity contribution in [3.05, 3.63) is 36.3 Å². The Morgan fingerprint density at radius 3 is 2.89 bits per heavy atom. The number of rotatable bonds is 7. The average Bonchev–Trinajstić information content (AvgIpc) is 2.83. The van der Waals surface area contributed by atoms with Crippen molar-refractivity contribution in [3.8, 4) is 0 Å². The summed E-state index contributed by atoms with van der Waals surface area (Å²) in [4.78, 5) is 4.28. The molecular weight excluding hydrogens is 238 g/mol. The quantitative estimate of drug-likeness (QED) is 0.801. The Morgan fingerprint density at radius 1 is 1.26 bits per heavy atom. The lowest BCUT2D eigenvalue weighted by Crippen LogP contribution is -2.06. The van der Waals surface area contributed by atoms with Crippen molar-refractivity contribution >= 4 is 11.5 Å². The fourth-order valence-electron chi connectivity index (χ4n) is 1.84. The Hall–Kier alpha value is -2.04. The Bertz CT molecular complexity index is 506. The Balaban J connectivity index is 1.82. The minimum absolute atomic E-state index is 0.892. The van der Waals surface area contributed by atoms with Gasteiger partial charge >= 0.3 is 0 Å². The van der Waals surface area contributed by atoms with E-state index in [0.717, 1.165) is 37.4 Å². The number of aryl methyl sites for hydroxylation is 1. The lowest BCUT2D eigenvalue weighted by Gasteiger charge is -2.08. The highest BCUT2D eigenvalue weighted by atomic mass is 15.2. The Labute approximate surface area is 114 Å². The molecule has 0 aliphatic carbocycles. The van der Waals surface area contributed by atoms with Crippen LogP contribution in [0.3, 0.4) is 0 Å². The molecule has 0 aliphatic heterocycles. The van der Waals surface area contributed by atoms with Gasteiger partial charge in [-0.15, -0.1) is 0 Å². The van der Waals surface area contributed by atoms with Crippen LogP contribution < -0.4 is 10.6 Å². The molecule has 0 fully saturated rings. The first-order chi connectivity index (χ1) is 9.28. The molecule has 5 nitrogen and oxygen atoms in total. The van der Waals surface area contributed by atoms with E-state index in [-0.39, 0.29) is 0 Å². The molecule has 2 aromatic rings. The number of hydrogen-bond acceptors (Lipinski definition) is 4. The molecule has 0 bridgehead atoms. The maximum Gasteiger partial charge on any atom is 0.127 e. The molecule has 2 N–H and O–H groups in total. The van der Waals surface area contributed by atoms with Crippen LogP contribution in [-0.4, -0.2) is 27.9 Å². The third-order valence-electron chi connectivity index (χ3n) is 2.82. The lowest BCUT2D eigenvalue weighted by atomic mass is 10.2. The van der Waals surface area contributed by atoms with Gasteiger partial charge in [-0.25, -0.2) is 4.98 Å². The first-order valence-corrected chi connectivity index (χ1v) is 6.69. The number of nitrogens with one attached hydrogen (secondary N) is 2. The molecule has 2 rings (SSSR count). The van der Waals surface area contributed by atoms with Gasteiger partial charge in [-0.2, -0.15) is 5.10 Å². The first-order valence-electron chi connectivity index (χ1n) is 6.69. The van der Waals surface area contributed by atoms with Crippen molar-refractivity contribution in [2.45, 2.75) is 19.8 Å². The van der Waals surface area contributed by atoms with Crippen LogP contribution in [0.5, 0.6) is 0 Å². The fourth-order valence-corrected chi connectivity index (χ4v) is 1.84. The largest absolute Gasteiger partial charge is 0.385 e. The molecule has 0 saturated carbocycles. The molecule has 0 aliphatic rings. The smallest absolute Gasteiger partial charge is 0.127 e.